The smallest absolute Gasteiger partial charge is 0.330 e. The van der Waals surface area contributed by atoms with Gasteiger partial charge in [-0.05, 0) is 6.92 Å². The summed E-state index contributed by atoms with van der Waals surface area (Å²) in [7, 11) is 0. The Morgan fingerprint density at radius 1 is 1.06 bits per heavy atom. The van der Waals surface area contributed by atoms with Crippen LogP contribution in [0.3, 0.4) is 0 Å². The van der Waals surface area contributed by atoms with Gasteiger partial charge in [0.2, 0.25) is 0 Å². The number of rotatable bonds is 4. The molecule has 1 aliphatic rings. The molecular weight excluding hydrogens is 232 g/mol. The van der Waals surface area contributed by atoms with Crippen molar-refractivity contribution >= 4 is 17.9 Å². The minimum absolute atomic E-state index is 0.176. The summed E-state index contributed by atoms with van der Waals surface area (Å²) in [6.07, 6.45) is -0.593. The monoisotopic (exact) mass is 248 g/mol. The predicted octanol–water partition coefficient (Wildman–Crippen LogP) is 0.599. The Morgan fingerprint density at radius 3 is 1.35 bits per heavy atom. The summed E-state index contributed by atoms with van der Waals surface area (Å²) in [6, 6.07) is 0. The molecule has 1 heterocycles. The highest BCUT2D eigenvalue weighted by Crippen LogP contribution is 1.86. The van der Waals surface area contributed by atoms with Gasteiger partial charge in [-0.15, -0.1) is 0 Å². The Hall–Kier alpha value is -1.89. The lowest BCUT2D eigenvalue weighted by Crippen LogP contribution is -2.00. The van der Waals surface area contributed by atoms with Crippen LogP contribution in [-0.4, -0.2) is 46.4 Å². The van der Waals surface area contributed by atoms with Crippen molar-refractivity contribution in [1.29, 1.82) is 0 Å². The molecule has 0 radical (unpaired) electrons. The van der Waals surface area contributed by atoms with Crippen molar-refractivity contribution < 1.29 is 34.4 Å². The third-order valence-corrected chi connectivity index (χ3v) is 1.12. The van der Waals surface area contributed by atoms with E-state index >= 15 is 0 Å². The molecule has 98 valence electrons. The molecule has 1 fully saturated rings. The topological polar surface area (TPSA) is 124 Å². The molecule has 0 aromatic carbocycles. The van der Waals surface area contributed by atoms with E-state index in [1.807, 2.05) is 0 Å². The van der Waals surface area contributed by atoms with Crippen LogP contribution < -0.4 is 0 Å². The molecule has 0 saturated carbocycles. The maximum absolute atomic E-state index is 9.64. The summed E-state index contributed by atoms with van der Waals surface area (Å²) in [6.45, 7) is 6.60. The Kier molecular flexibility index (Phi) is 10.9. The van der Waals surface area contributed by atoms with E-state index in [-0.39, 0.29) is 18.4 Å². The summed E-state index contributed by atoms with van der Waals surface area (Å²) in [4.78, 5) is 28.9. The van der Waals surface area contributed by atoms with E-state index in [4.69, 9.17) is 15.3 Å². The maximum atomic E-state index is 9.64. The Balaban J connectivity index is 0. The molecule has 1 rings (SSSR count). The number of epoxide rings is 1. The zero-order chi connectivity index (χ0) is 13.8. The number of carbonyl (C=O) groups is 3. The fraction of sp³-hybridized carbons (Fsp3) is 0.500. The van der Waals surface area contributed by atoms with Crippen molar-refractivity contribution in [1.82, 2.24) is 0 Å². The molecule has 0 unspecified atom stereocenters. The second-order valence-corrected chi connectivity index (χ2v) is 2.99. The van der Waals surface area contributed by atoms with Gasteiger partial charge in [0.05, 0.1) is 26.1 Å². The summed E-state index contributed by atoms with van der Waals surface area (Å²) in [5, 5.41) is 23.7. The highest BCUT2D eigenvalue weighted by Gasteiger charge is 2.00. The van der Waals surface area contributed by atoms with Crippen molar-refractivity contribution in [2.45, 2.75) is 19.8 Å². The Bertz CT molecular complexity index is 252. The lowest BCUT2D eigenvalue weighted by atomic mass is 10.3. The normalized spacial score (nSPS) is 10.9. The summed E-state index contributed by atoms with van der Waals surface area (Å²) >= 11 is 0. The van der Waals surface area contributed by atoms with Gasteiger partial charge in [0.15, 0.2) is 0 Å². The van der Waals surface area contributed by atoms with E-state index in [0.717, 1.165) is 13.2 Å². The molecule has 1 saturated heterocycles. The largest absolute Gasteiger partial charge is 0.481 e. The number of ether oxygens (including phenoxy) is 1. The summed E-state index contributed by atoms with van der Waals surface area (Å²) in [5.41, 5.74) is 0.176. The molecule has 0 spiro atoms. The quantitative estimate of drug-likeness (QED) is 0.491. The van der Waals surface area contributed by atoms with Crippen LogP contribution in [0.15, 0.2) is 12.2 Å². The van der Waals surface area contributed by atoms with Crippen LogP contribution in [0.25, 0.3) is 0 Å². The van der Waals surface area contributed by atoms with E-state index in [1.54, 1.807) is 0 Å². The van der Waals surface area contributed by atoms with Crippen LogP contribution >= 0.6 is 0 Å². The second-order valence-electron chi connectivity index (χ2n) is 2.99. The van der Waals surface area contributed by atoms with Crippen molar-refractivity contribution in [3.8, 4) is 0 Å². The third kappa shape index (κ3) is 31.5. The van der Waals surface area contributed by atoms with Gasteiger partial charge >= 0.3 is 17.9 Å². The molecule has 0 amide bonds. The number of carboxylic acids is 3. The molecule has 0 aromatic rings. The van der Waals surface area contributed by atoms with Crippen LogP contribution in [0.5, 0.6) is 0 Å². The van der Waals surface area contributed by atoms with Gasteiger partial charge < -0.3 is 20.1 Å². The van der Waals surface area contributed by atoms with Crippen molar-refractivity contribution in [3.05, 3.63) is 12.2 Å². The molecule has 0 aromatic heterocycles. The van der Waals surface area contributed by atoms with Crippen molar-refractivity contribution in [2.24, 2.45) is 0 Å². The van der Waals surface area contributed by atoms with Crippen LogP contribution in [0.2, 0.25) is 0 Å². The summed E-state index contributed by atoms with van der Waals surface area (Å²) in [5.74, 6) is -3.09. The van der Waals surface area contributed by atoms with E-state index < -0.39 is 17.9 Å². The fourth-order valence-corrected chi connectivity index (χ4v) is 0.214. The van der Waals surface area contributed by atoms with Gasteiger partial charge in [-0.25, -0.2) is 4.79 Å². The fourth-order valence-electron chi connectivity index (χ4n) is 0.214. The van der Waals surface area contributed by atoms with Gasteiger partial charge in [0, 0.05) is 5.57 Å². The molecular formula is C10H16O7. The molecule has 7 nitrogen and oxygen atoms in total. The van der Waals surface area contributed by atoms with Crippen molar-refractivity contribution in [3.63, 3.8) is 0 Å². The third-order valence-electron chi connectivity index (χ3n) is 1.12. The molecule has 17 heavy (non-hydrogen) atoms. The van der Waals surface area contributed by atoms with Gasteiger partial charge in [-0.1, -0.05) is 6.58 Å². The standard InChI is InChI=1S/C4H6O4.C4H6O2.C2H4O/c5-3(6)1-2-4(7)8;1-3(2)4(5)6;1-2-3-1/h1-2H2,(H,5,6)(H,7,8);1H2,2H3,(H,5,6);1-2H2. The Labute approximate surface area is 98.3 Å². The van der Waals surface area contributed by atoms with E-state index in [9.17, 15) is 14.4 Å². The minimum atomic E-state index is -1.08. The van der Waals surface area contributed by atoms with Crippen molar-refractivity contribution in [2.75, 3.05) is 13.2 Å². The van der Waals surface area contributed by atoms with Crippen LogP contribution in [0.4, 0.5) is 0 Å². The second kappa shape index (κ2) is 10.6. The molecule has 0 aliphatic carbocycles. The first kappa shape index (κ1) is 17.5. The lowest BCUT2D eigenvalue weighted by molar-refractivity contribution is -0.143. The minimum Gasteiger partial charge on any atom is -0.481 e. The lowest BCUT2D eigenvalue weighted by Gasteiger charge is -1.85. The molecule has 7 heteroatoms. The van der Waals surface area contributed by atoms with E-state index in [1.165, 1.54) is 6.92 Å². The summed E-state index contributed by atoms with van der Waals surface area (Å²) < 4.78 is 4.50. The molecule has 1 aliphatic heterocycles. The van der Waals surface area contributed by atoms with E-state index in [0.29, 0.717) is 0 Å². The van der Waals surface area contributed by atoms with Crippen LogP contribution in [-0.2, 0) is 19.1 Å². The van der Waals surface area contributed by atoms with E-state index in [2.05, 4.69) is 11.3 Å². The maximum Gasteiger partial charge on any atom is 0.330 e. The van der Waals surface area contributed by atoms with Crippen LogP contribution in [0, 0.1) is 0 Å². The van der Waals surface area contributed by atoms with Gasteiger partial charge in [-0.3, -0.25) is 9.59 Å². The van der Waals surface area contributed by atoms with Gasteiger partial charge in [0.25, 0.3) is 0 Å². The van der Waals surface area contributed by atoms with Crippen LogP contribution in [0.1, 0.15) is 19.8 Å². The average Bonchev–Trinajstić information content (AvgIpc) is 3.02. The first-order chi connectivity index (χ1) is 7.77. The first-order valence-electron chi connectivity index (χ1n) is 4.67. The predicted molar refractivity (Wildman–Crippen MR) is 57.8 cm³/mol. The highest BCUT2D eigenvalue weighted by molar-refractivity contribution is 5.84. The number of aliphatic carboxylic acids is 3. The van der Waals surface area contributed by atoms with Gasteiger partial charge in [-0.2, -0.15) is 0 Å². The number of carboxylic acid groups (broad SMARTS) is 3. The SMILES string of the molecule is C1CO1.C=C(C)C(=O)O.O=C(O)CCC(=O)O. The zero-order valence-electron chi connectivity index (χ0n) is 9.51. The number of hydrogen-bond acceptors (Lipinski definition) is 4. The molecule has 0 bridgehead atoms. The molecule has 0 atom stereocenters. The Morgan fingerprint density at radius 2 is 1.29 bits per heavy atom. The van der Waals surface area contributed by atoms with Gasteiger partial charge in [0.1, 0.15) is 0 Å². The number of hydrogen-bond donors (Lipinski definition) is 3. The first-order valence-corrected chi connectivity index (χ1v) is 4.67. The molecule has 3 N–H and O–H groups in total. The average molecular weight is 248 g/mol. The highest BCUT2D eigenvalue weighted by atomic mass is 16.6. The zero-order valence-corrected chi connectivity index (χ0v) is 9.51.